The van der Waals surface area contributed by atoms with Crippen LogP contribution in [-0.4, -0.2) is 22.3 Å². The van der Waals surface area contributed by atoms with E-state index in [0.717, 1.165) is 16.9 Å². The summed E-state index contributed by atoms with van der Waals surface area (Å²) >= 11 is 13.4. The number of benzene rings is 2. The predicted molar refractivity (Wildman–Crippen MR) is 94.4 cm³/mol. The normalized spacial score (nSPS) is 10.7. The minimum absolute atomic E-state index is 0.664. The quantitative estimate of drug-likeness (QED) is 0.640. The van der Waals surface area contributed by atoms with Crippen molar-refractivity contribution in [2.75, 3.05) is 7.11 Å². The van der Waals surface area contributed by atoms with Gasteiger partial charge in [0, 0.05) is 26.9 Å². The molecule has 0 radical (unpaired) electrons. The fourth-order valence-corrected chi connectivity index (χ4v) is 3.15. The molecule has 0 amide bonds. The summed E-state index contributed by atoms with van der Waals surface area (Å²) < 4.78 is 5.34. The molecule has 0 spiro atoms. The lowest BCUT2D eigenvalue weighted by Crippen LogP contribution is -1.90. The van der Waals surface area contributed by atoms with Crippen molar-refractivity contribution < 1.29 is 4.74 Å². The molecule has 7 heteroatoms. The molecule has 0 atom stereocenters. The lowest BCUT2D eigenvalue weighted by atomic mass is 10.2. The summed E-state index contributed by atoms with van der Waals surface area (Å²) in [5, 5.41) is 9.20. The van der Waals surface area contributed by atoms with Crippen LogP contribution in [0.25, 0.3) is 11.4 Å². The van der Waals surface area contributed by atoms with Crippen molar-refractivity contribution in [3.8, 4) is 17.1 Å². The third-order valence-corrected chi connectivity index (χ3v) is 4.56. The monoisotopic (exact) mass is 365 g/mol. The zero-order valence-electron chi connectivity index (χ0n) is 12.2. The van der Waals surface area contributed by atoms with Gasteiger partial charge in [-0.15, -0.1) is 5.10 Å². The van der Waals surface area contributed by atoms with Crippen LogP contribution in [0.15, 0.2) is 47.6 Å². The standard InChI is InChI=1S/C16H13Cl2N3OS/c1-22-14-7-6-13(18)8-11(14)9-23-16-19-15(20-21-16)10-2-4-12(17)5-3-10/h2-8H,9H2,1H3,(H,19,20,21). The van der Waals surface area contributed by atoms with E-state index < -0.39 is 0 Å². The van der Waals surface area contributed by atoms with E-state index in [9.17, 15) is 0 Å². The van der Waals surface area contributed by atoms with Gasteiger partial charge in [0.15, 0.2) is 5.82 Å². The molecule has 2 aromatic carbocycles. The van der Waals surface area contributed by atoms with E-state index in [1.165, 1.54) is 11.8 Å². The van der Waals surface area contributed by atoms with E-state index in [1.807, 2.05) is 36.4 Å². The molecular formula is C16H13Cl2N3OS. The molecule has 0 bridgehead atoms. The highest BCUT2D eigenvalue weighted by Crippen LogP contribution is 2.29. The van der Waals surface area contributed by atoms with E-state index in [-0.39, 0.29) is 0 Å². The van der Waals surface area contributed by atoms with Gasteiger partial charge in [-0.05, 0) is 42.5 Å². The highest BCUT2D eigenvalue weighted by molar-refractivity contribution is 7.98. The average Bonchev–Trinajstić information content (AvgIpc) is 3.03. The largest absolute Gasteiger partial charge is 0.496 e. The molecule has 3 rings (SSSR count). The fourth-order valence-electron chi connectivity index (χ4n) is 2.05. The van der Waals surface area contributed by atoms with Gasteiger partial charge < -0.3 is 4.74 Å². The number of nitrogens with zero attached hydrogens (tertiary/aromatic N) is 2. The maximum absolute atomic E-state index is 6.04. The Morgan fingerprint density at radius 3 is 2.57 bits per heavy atom. The van der Waals surface area contributed by atoms with Crippen LogP contribution in [0, 0.1) is 0 Å². The number of hydrogen-bond acceptors (Lipinski definition) is 4. The number of nitrogens with one attached hydrogen (secondary N) is 1. The van der Waals surface area contributed by atoms with Crippen LogP contribution in [0.5, 0.6) is 5.75 Å². The summed E-state index contributed by atoms with van der Waals surface area (Å²) in [6, 6.07) is 13.0. The van der Waals surface area contributed by atoms with Crippen molar-refractivity contribution >= 4 is 35.0 Å². The Balaban J connectivity index is 1.72. The first-order chi connectivity index (χ1) is 11.2. The molecule has 1 heterocycles. The van der Waals surface area contributed by atoms with Gasteiger partial charge in [-0.1, -0.05) is 35.0 Å². The molecule has 118 valence electrons. The number of hydrogen-bond donors (Lipinski definition) is 1. The molecule has 0 saturated carbocycles. The van der Waals surface area contributed by atoms with Gasteiger partial charge in [0.2, 0.25) is 5.16 Å². The maximum Gasteiger partial charge on any atom is 0.209 e. The minimum Gasteiger partial charge on any atom is -0.496 e. The lowest BCUT2D eigenvalue weighted by Gasteiger charge is -2.07. The molecule has 3 aromatic rings. The molecule has 0 aliphatic carbocycles. The van der Waals surface area contributed by atoms with Crippen LogP contribution in [0.3, 0.4) is 0 Å². The topological polar surface area (TPSA) is 50.8 Å². The van der Waals surface area contributed by atoms with Crippen molar-refractivity contribution in [3.05, 3.63) is 58.1 Å². The summed E-state index contributed by atoms with van der Waals surface area (Å²) in [6.45, 7) is 0. The summed E-state index contributed by atoms with van der Waals surface area (Å²) in [4.78, 5) is 4.48. The zero-order chi connectivity index (χ0) is 16.2. The van der Waals surface area contributed by atoms with Crippen LogP contribution in [0.4, 0.5) is 0 Å². The van der Waals surface area contributed by atoms with E-state index in [1.54, 1.807) is 13.2 Å². The summed E-state index contributed by atoms with van der Waals surface area (Å²) in [7, 11) is 1.64. The predicted octanol–water partition coefficient (Wildman–Crippen LogP) is 5.08. The highest BCUT2D eigenvalue weighted by Gasteiger charge is 2.09. The van der Waals surface area contributed by atoms with Crippen LogP contribution >= 0.6 is 35.0 Å². The van der Waals surface area contributed by atoms with Crippen LogP contribution < -0.4 is 4.74 Å². The fraction of sp³-hybridized carbons (Fsp3) is 0.125. The summed E-state index contributed by atoms with van der Waals surface area (Å²) in [5.74, 6) is 2.18. The Morgan fingerprint density at radius 2 is 1.83 bits per heavy atom. The molecule has 0 saturated heterocycles. The number of rotatable bonds is 5. The summed E-state index contributed by atoms with van der Waals surface area (Å²) in [5.41, 5.74) is 1.94. The molecule has 1 aromatic heterocycles. The molecular weight excluding hydrogens is 353 g/mol. The molecule has 23 heavy (non-hydrogen) atoms. The average molecular weight is 366 g/mol. The Hall–Kier alpha value is -1.69. The lowest BCUT2D eigenvalue weighted by molar-refractivity contribution is 0.411. The van der Waals surface area contributed by atoms with Crippen molar-refractivity contribution in [1.29, 1.82) is 0 Å². The number of ether oxygens (including phenoxy) is 1. The Bertz CT molecular complexity index is 805. The van der Waals surface area contributed by atoms with Crippen molar-refractivity contribution in [3.63, 3.8) is 0 Å². The van der Waals surface area contributed by atoms with E-state index in [4.69, 9.17) is 27.9 Å². The van der Waals surface area contributed by atoms with Crippen LogP contribution in [-0.2, 0) is 5.75 Å². The third kappa shape index (κ3) is 3.99. The first-order valence-electron chi connectivity index (χ1n) is 6.79. The minimum atomic E-state index is 0.664. The van der Waals surface area contributed by atoms with E-state index in [0.29, 0.717) is 26.8 Å². The maximum atomic E-state index is 6.04. The molecule has 0 fully saturated rings. The van der Waals surface area contributed by atoms with Crippen LogP contribution in [0.2, 0.25) is 10.0 Å². The SMILES string of the molecule is COc1ccc(Cl)cc1CSc1n[nH]c(-c2ccc(Cl)cc2)n1. The Kier molecular flexibility index (Phi) is 5.10. The first kappa shape index (κ1) is 16.2. The number of methoxy groups -OCH3 is 1. The second-order valence-electron chi connectivity index (χ2n) is 4.72. The van der Waals surface area contributed by atoms with Crippen LogP contribution in [0.1, 0.15) is 5.56 Å². The van der Waals surface area contributed by atoms with E-state index >= 15 is 0 Å². The number of aromatic amines is 1. The summed E-state index contributed by atoms with van der Waals surface area (Å²) in [6.07, 6.45) is 0. The van der Waals surface area contributed by atoms with E-state index in [2.05, 4.69) is 15.2 Å². The van der Waals surface area contributed by atoms with Gasteiger partial charge in [0.25, 0.3) is 0 Å². The molecule has 1 N–H and O–H groups in total. The molecule has 0 aliphatic heterocycles. The number of aromatic nitrogens is 3. The van der Waals surface area contributed by atoms with Gasteiger partial charge >= 0.3 is 0 Å². The molecule has 4 nitrogen and oxygen atoms in total. The van der Waals surface area contributed by atoms with Crippen molar-refractivity contribution in [2.45, 2.75) is 10.9 Å². The highest BCUT2D eigenvalue weighted by atomic mass is 35.5. The number of thioether (sulfide) groups is 1. The second-order valence-corrected chi connectivity index (χ2v) is 6.53. The second kappa shape index (κ2) is 7.25. The molecule has 0 aliphatic rings. The van der Waals surface area contributed by atoms with Gasteiger partial charge in [-0.2, -0.15) is 0 Å². The Labute approximate surface area is 148 Å². The van der Waals surface area contributed by atoms with Crippen molar-refractivity contribution in [1.82, 2.24) is 15.2 Å². The zero-order valence-corrected chi connectivity index (χ0v) is 14.5. The van der Waals surface area contributed by atoms with Gasteiger partial charge in [0.1, 0.15) is 5.75 Å². The smallest absolute Gasteiger partial charge is 0.209 e. The van der Waals surface area contributed by atoms with Gasteiger partial charge in [-0.3, -0.25) is 5.10 Å². The Morgan fingerprint density at radius 1 is 1.09 bits per heavy atom. The number of halogens is 2. The number of H-pyrrole nitrogens is 1. The van der Waals surface area contributed by atoms with Gasteiger partial charge in [0.05, 0.1) is 7.11 Å². The van der Waals surface area contributed by atoms with Gasteiger partial charge in [-0.25, -0.2) is 4.98 Å². The third-order valence-electron chi connectivity index (χ3n) is 3.18. The first-order valence-corrected chi connectivity index (χ1v) is 8.53. The molecule has 0 unspecified atom stereocenters. The van der Waals surface area contributed by atoms with Crippen molar-refractivity contribution in [2.24, 2.45) is 0 Å².